The fourth-order valence-corrected chi connectivity index (χ4v) is 5.61. The molecular formula is C26H30N6O. The summed E-state index contributed by atoms with van der Waals surface area (Å²) in [5.41, 5.74) is 12.1. The van der Waals surface area contributed by atoms with E-state index < -0.39 is 0 Å². The van der Waals surface area contributed by atoms with Crippen molar-refractivity contribution in [3.63, 3.8) is 0 Å². The summed E-state index contributed by atoms with van der Waals surface area (Å²) in [6.45, 7) is 3.64. The Bertz CT molecular complexity index is 1150. The molecular weight excluding hydrogens is 412 g/mol. The maximum absolute atomic E-state index is 13.4. The molecule has 2 aromatic carbocycles. The molecule has 0 radical (unpaired) electrons. The monoisotopic (exact) mass is 442 g/mol. The second kappa shape index (κ2) is 9.30. The number of fused-ring (bicyclic) bond motifs is 2. The van der Waals surface area contributed by atoms with Gasteiger partial charge in [0.15, 0.2) is 0 Å². The van der Waals surface area contributed by atoms with Crippen LogP contribution in [-0.4, -0.2) is 34.4 Å². The number of aromatic amines is 1. The molecule has 0 saturated heterocycles. The SMILES string of the molecule is CCN(C(=O)c1cc2ccccc2[nH]1)[C@H]1CCC[C@@H](NCc2ccc(N=[N+]=[N-])cc2)C2C[C@H]21. The Hall–Kier alpha value is -3.28. The summed E-state index contributed by atoms with van der Waals surface area (Å²) in [5, 5.41) is 8.48. The van der Waals surface area contributed by atoms with E-state index in [1.165, 1.54) is 12.0 Å². The summed E-state index contributed by atoms with van der Waals surface area (Å²) in [5.74, 6) is 1.33. The molecule has 33 heavy (non-hydrogen) atoms. The number of carbonyl (C=O) groups is 1. The molecule has 170 valence electrons. The van der Waals surface area contributed by atoms with Crippen molar-refractivity contribution >= 4 is 22.5 Å². The van der Waals surface area contributed by atoms with Crippen LogP contribution >= 0.6 is 0 Å². The van der Waals surface area contributed by atoms with Gasteiger partial charge in [0.2, 0.25) is 0 Å². The van der Waals surface area contributed by atoms with Crippen LogP contribution < -0.4 is 5.32 Å². The third kappa shape index (κ3) is 4.47. The van der Waals surface area contributed by atoms with Gasteiger partial charge in [0.05, 0.1) is 0 Å². The molecule has 0 aliphatic heterocycles. The Morgan fingerprint density at radius 2 is 2.00 bits per heavy atom. The summed E-state index contributed by atoms with van der Waals surface area (Å²) in [6, 6.07) is 18.6. The van der Waals surface area contributed by atoms with Crippen molar-refractivity contribution in [2.24, 2.45) is 17.0 Å². The van der Waals surface area contributed by atoms with E-state index in [2.05, 4.69) is 32.2 Å². The molecule has 1 unspecified atom stereocenters. The highest BCUT2D eigenvalue weighted by atomic mass is 16.2. The molecule has 5 rings (SSSR count). The van der Waals surface area contributed by atoms with Crippen LogP contribution in [0.4, 0.5) is 5.69 Å². The van der Waals surface area contributed by atoms with Crippen molar-refractivity contribution < 1.29 is 4.79 Å². The van der Waals surface area contributed by atoms with Gasteiger partial charge in [-0.05, 0) is 67.7 Å². The van der Waals surface area contributed by atoms with E-state index in [1.54, 1.807) is 0 Å². The van der Waals surface area contributed by atoms with Crippen molar-refractivity contribution in [2.45, 2.75) is 51.2 Å². The summed E-state index contributed by atoms with van der Waals surface area (Å²) < 4.78 is 0. The first-order valence-corrected chi connectivity index (χ1v) is 11.9. The number of H-pyrrole nitrogens is 1. The number of nitrogens with zero attached hydrogens (tertiary/aromatic N) is 4. The lowest BCUT2D eigenvalue weighted by molar-refractivity contribution is 0.0648. The third-order valence-corrected chi connectivity index (χ3v) is 7.34. The zero-order chi connectivity index (χ0) is 22.8. The van der Waals surface area contributed by atoms with Crippen LogP contribution in [0.5, 0.6) is 0 Å². The fourth-order valence-electron chi connectivity index (χ4n) is 5.61. The maximum atomic E-state index is 13.4. The third-order valence-electron chi connectivity index (χ3n) is 7.34. The van der Waals surface area contributed by atoms with Crippen LogP contribution in [0.15, 0.2) is 59.7 Å². The minimum Gasteiger partial charge on any atom is -0.351 e. The molecule has 1 amide bonds. The Morgan fingerprint density at radius 1 is 1.18 bits per heavy atom. The van der Waals surface area contributed by atoms with Gasteiger partial charge < -0.3 is 15.2 Å². The number of amides is 1. The smallest absolute Gasteiger partial charge is 0.270 e. The summed E-state index contributed by atoms with van der Waals surface area (Å²) >= 11 is 0. The molecule has 3 aromatic rings. The van der Waals surface area contributed by atoms with Crippen molar-refractivity contribution in [2.75, 3.05) is 6.54 Å². The Balaban J connectivity index is 1.23. The maximum Gasteiger partial charge on any atom is 0.270 e. The Kier molecular flexibility index (Phi) is 6.07. The van der Waals surface area contributed by atoms with Crippen molar-refractivity contribution in [3.8, 4) is 0 Å². The first-order chi connectivity index (χ1) is 16.2. The lowest BCUT2D eigenvalue weighted by Crippen LogP contribution is -2.42. The molecule has 2 aliphatic rings. The fraction of sp³-hybridized carbons (Fsp3) is 0.423. The molecule has 7 heteroatoms. The topological polar surface area (TPSA) is 96.9 Å². The van der Waals surface area contributed by atoms with E-state index in [1.807, 2.05) is 54.6 Å². The highest BCUT2D eigenvalue weighted by Gasteiger charge is 2.50. The van der Waals surface area contributed by atoms with E-state index in [0.29, 0.717) is 35.3 Å². The van der Waals surface area contributed by atoms with Gasteiger partial charge in [-0.3, -0.25) is 4.79 Å². The van der Waals surface area contributed by atoms with Gasteiger partial charge in [0, 0.05) is 46.7 Å². The predicted molar refractivity (Wildman–Crippen MR) is 130 cm³/mol. The lowest BCUT2D eigenvalue weighted by Gasteiger charge is -2.30. The summed E-state index contributed by atoms with van der Waals surface area (Å²) in [6.07, 6.45) is 4.53. The Labute approximate surface area is 193 Å². The number of carbonyl (C=O) groups excluding carboxylic acids is 1. The predicted octanol–water partition coefficient (Wildman–Crippen LogP) is 5.92. The van der Waals surface area contributed by atoms with Gasteiger partial charge in [0.25, 0.3) is 5.91 Å². The van der Waals surface area contributed by atoms with Crippen LogP contribution in [0.2, 0.25) is 0 Å². The second-order valence-corrected chi connectivity index (χ2v) is 9.27. The van der Waals surface area contributed by atoms with Gasteiger partial charge in [-0.2, -0.15) is 0 Å². The molecule has 0 spiro atoms. The molecule has 1 aromatic heterocycles. The van der Waals surface area contributed by atoms with Crippen LogP contribution in [0.1, 0.15) is 48.7 Å². The Morgan fingerprint density at radius 3 is 2.76 bits per heavy atom. The van der Waals surface area contributed by atoms with E-state index in [4.69, 9.17) is 5.53 Å². The molecule has 1 heterocycles. The molecule has 2 fully saturated rings. The first-order valence-electron chi connectivity index (χ1n) is 11.9. The van der Waals surface area contributed by atoms with E-state index in [9.17, 15) is 4.79 Å². The van der Waals surface area contributed by atoms with Crippen LogP contribution in [0.25, 0.3) is 21.3 Å². The van der Waals surface area contributed by atoms with Gasteiger partial charge in [-0.25, -0.2) is 0 Å². The number of para-hydroxylation sites is 1. The summed E-state index contributed by atoms with van der Waals surface area (Å²) in [4.78, 5) is 21.7. The van der Waals surface area contributed by atoms with E-state index in [0.717, 1.165) is 43.3 Å². The molecule has 2 saturated carbocycles. The highest BCUT2D eigenvalue weighted by molar-refractivity contribution is 5.98. The number of rotatable bonds is 7. The number of hydrogen-bond donors (Lipinski definition) is 2. The average Bonchev–Trinajstić information content (AvgIpc) is 3.53. The molecule has 7 nitrogen and oxygen atoms in total. The minimum absolute atomic E-state index is 0.121. The normalized spacial score (nSPS) is 23.9. The van der Waals surface area contributed by atoms with Crippen molar-refractivity contribution in [1.29, 1.82) is 0 Å². The number of nitrogens with one attached hydrogen (secondary N) is 2. The first kappa shape index (κ1) is 21.6. The lowest BCUT2D eigenvalue weighted by atomic mass is 10.0. The standard InChI is InChI=1S/C26H30N6O/c1-2-32(26(33)24-14-18-6-3-4-7-22(18)29-24)25-9-5-8-23(20-15-21(20)25)28-16-17-10-12-19(13-11-17)30-31-27/h3-4,6-7,10-14,20-21,23,25,28-29H,2,5,8-9,15-16H2,1H3/t20?,21-,23-,25+/m1/s1. The largest absolute Gasteiger partial charge is 0.351 e. The molecule has 2 aliphatic carbocycles. The quantitative estimate of drug-likeness (QED) is 0.270. The van der Waals surface area contributed by atoms with Crippen LogP contribution in [0.3, 0.4) is 0 Å². The number of azide groups is 1. The molecule has 0 bridgehead atoms. The zero-order valence-corrected chi connectivity index (χ0v) is 18.9. The van der Waals surface area contributed by atoms with Gasteiger partial charge in [0.1, 0.15) is 5.69 Å². The molecule has 2 N–H and O–H groups in total. The van der Waals surface area contributed by atoms with E-state index >= 15 is 0 Å². The zero-order valence-electron chi connectivity index (χ0n) is 18.9. The van der Waals surface area contributed by atoms with Crippen LogP contribution in [-0.2, 0) is 6.54 Å². The van der Waals surface area contributed by atoms with Gasteiger partial charge >= 0.3 is 0 Å². The highest BCUT2D eigenvalue weighted by Crippen LogP contribution is 2.50. The van der Waals surface area contributed by atoms with Gasteiger partial charge in [-0.1, -0.05) is 47.6 Å². The minimum atomic E-state index is 0.121. The average molecular weight is 443 g/mol. The summed E-state index contributed by atoms with van der Waals surface area (Å²) in [7, 11) is 0. The number of hydrogen-bond acceptors (Lipinski definition) is 3. The van der Waals surface area contributed by atoms with Crippen LogP contribution in [0, 0.1) is 11.8 Å². The number of aromatic nitrogens is 1. The van der Waals surface area contributed by atoms with Crippen molar-refractivity contribution in [3.05, 3.63) is 76.3 Å². The van der Waals surface area contributed by atoms with Crippen molar-refractivity contribution in [1.82, 2.24) is 15.2 Å². The van der Waals surface area contributed by atoms with E-state index in [-0.39, 0.29) is 5.91 Å². The second-order valence-electron chi connectivity index (χ2n) is 9.27. The molecule has 4 atom stereocenters. The van der Waals surface area contributed by atoms with Gasteiger partial charge in [-0.15, -0.1) is 0 Å². The number of benzene rings is 2.